The Morgan fingerprint density at radius 2 is 1.71 bits per heavy atom. The Morgan fingerprint density at radius 1 is 1.00 bits per heavy atom. The smallest absolute Gasteiger partial charge is 0.307 e. The SMILES string of the molecule is O=C(CCNS(=O)(=O)c1ccc2ccccc2c1)OCC(=O)N1CCCCC1. The molecule has 0 aromatic heterocycles. The minimum atomic E-state index is -3.73. The van der Waals surface area contributed by atoms with Gasteiger partial charge < -0.3 is 9.64 Å². The molecule has 1 aliphatic heterocycles. The summed E-state index contributed by atoms with van der Waals surface area (Å²) >= 11 is 0. The number of nitrogens with one attached hydrogen (secondary N) is 1. The van der Waals surface area contributed by atoms with Gasteiger partial charge in [-0.3, -0.25) is 9.59 Å². The largest absolute Gasteiger partial charge is 0.456 e. The Kier molecular flexibility index (Phi) is 6.64. The summed E-state index contributed by atoms with van der Waals surface area (Å²) in [5, 5.41) is 1.77. The summed E-state index contributed by atoms with van der Waals surface area (Å²) in [5.74, 6) is -0.809. The van der Waals surface area contributed by atoms with Crippen LogP contribution in [0.25, 0.3) is 10.8 Å². The van der Waals surface area contributed by atoms with E-state index in [0.29, 0.717) is 13.1 Å². The molecule has 3 rings (SSSR count). The second-order valence-electron chi connectivity index (χ2n) is 6.76. The van der Waals surface area contributed by atoms with Crippen molar-refractivity contribution in [3.63, 3.8) is 0 Å². The third-order valence-electron chi connectivity index (χ3n) is 4.72. The van der Waals surface area contributed by atoms with Gasteiger partial charge in [-0.25, -0.2) is 13.1 Å². The molecular formula is C20H24N2O5S. The highest BCUT2D eigenvalue weighted by molar-refractivity contribution is 7.89. The fourth-order valence-electron chi connectivity index (χ4n) is 3.15. The third-order valence-corrected chi connectivity index (χ3v) is 6.18. The van der Waals surface area contributed by atoms with E-state index in [-0.39, 0.29) is 30.4 Å². The molecule has 7 nitrogen and oxygen atoms in total. The molecule has 150 valence electrons. The number of esters is 1. The van der Waals surface area contributed by atoms with Crippen LogP contribution in [0.15, 0.2) is 47.4 Å². The number of carbonyl (C=O) groups is 2. The number of benzene rings is 2. The van der Waals surface area contributed by atoms with Crippen molar-refractivity contribution in [3.8, 4) is 0 Å². The molecule has 1 fully saturated rings. The molecule has 28 heavy (non-hydrogen) atoms. The summed E-state index contributed by atoms with van der Waals surface area (Å²) < 4.78 is 32.2. The summed E-state index contributed by atoms with van der Waals surface area (Å²) in [7, 11) is -3.73. The fraction of sp³-hybridized carbons (Fsp3) is 0.400. The lowest BCUT2D eigenvalue weighted by Gasteiger charge is -2.26. The molecule has 0 aliphatic carbocycles. The van der Waals surface area contributed by atoms with Crippen molar-refractivity contribution in [2.24, 2.45) is 0 Å². The minimum absolute atomic E-state index is 0.0914. The van der Waals surface area contributed by atoms with Crippen molar-refractivity contribution < 1.29 is 22.7 Å². The monoisotopic (exact) mass is 404 g/mol. The van der Waals surface area contributed by atoms with E-state index in [9.17, 15) is 18.0 Å². The van der Waals surface area contributed by atoms with Gasteiger partial charge in [0, 0.05) is 19.6 Å². The molecule has 2 aromatic rings. The normalized spacial score (nSPS) is 14.8. The van der Waals surface area contributed by atoms with Crippen LogP contribution in [0.1, 0.15) is 25.7 Å². The maximum Gasteiger partial charge on any atom is 0.307 e. The Morgan fingerprint density at radius 3 is 2.46 bits per heavy atom. The van der Waals surface area contributed by atoms with Crippen LogP contribution in [-0.2, 0) is 24.3 Å². The van der Waals surface area contributed by atoms with Gasteiger partial charge in [-0.05, 0) is 42.2 Å². The van der Waals surface area contributed by atoms with Crippen LogP contribution in [0, 0.1) is 0 Å². The number of nitrogens with zero attached hydrogens (tertiary/aromatic N) is 1. The average Bonchev–Trinajstić information content (AvgIpc) is 2.72. The number of ether oxygens (including phenoxy) is 1. The van der Waals surface area contributed by atoms with E-state index in [0.717, 1.165) is 30.0 Å². The maximum absolute atomic E-state index is 12.4. The third kappa shape index (κ3) is 5.30. The number of carbonyl (C=O) groups excluding carboxylic acids is 2. The van der Waals surface area contributed by atoms with Gasteiger partial charge in [0.05, 0.1) is 11.3 Å². The summed E-state index contributed by atoms with van der Waals surface area (Å²) in [6, 6.07) is 12.3. The van der Waals surface area contributed by atoms with Crippen LogP contribution in [0.5, 0.6) is 0 Å². The average molecular weight is 404 g/mol. The predicted molar refractivity (Wildman–Crippen MR) is 105 cm³/mol. The molecule has 1 heterocycles. The molecule has 0 unspecified atom stereocenters. The predicted octanol–water partition coefficient (Wildman–Crippen LogP) is 2.06. The van der Waals surface area contributed by atoms with E-state index in [1.165, 1.54) is 6.07 Å². The second kappa shape index (κ2) is 9.16. The summed E-state index contributed by atoms with van der Waals surface area (Å²) in [6.07, 6.45) is 2.91. The van der Waals surface area contributed by atoms with Crippen LogP contribution in [0.3, 0.4) is 0 Å². The van der Waals surface area contributed by atoms with Gasteiger partial charge in [-0.15, -0.1) is 0 Å². The fourth-order valence-corrected chi connectivity index (χ4v) is 4.22. The number of hydrogen-bond acceptors (Lipinski definition) is 5. The molecule has 8 heteroatoms. The first-order valence-corrected chi connectivity index (χ1v) is 10.9. The number of rotatable bonds is 7. The highest BCUT2D eigenvalue weighted by Gasteiger charge is 2.19. The zero-order valence-corrected chi connectivity index (χ0v) is 16.4. The lowest BCUT2D eigenvalue weighted by molar-refractivity contribution is -0.152. The van der Waals surface area contributed by atoms with Gasteiger partial charge in [0.1, 0.15) is 0 Å². The quantitative estimate of drug-likeness (QED) is 0.713. The number of fused-ring (bicyclic) bond motifs is 1. The first kappa shape index (κ1) is 20.3. The van der Waals surface area contributed by atoms with Crippen LogP contribution >= 0.6 is 0 Å². The van der Waals surface area contributed by atoms with E-state index in [4.69, 9.17) is 4.74 Å². The molecule has 0 radical (unpaired) electrons. The van der Waals surface area contributed by atoms with Gasteiger partial charge in [0.2, 0.25) is 10.0 Å². The van der Waals surface area contributed by atoms with Crippen molar-refractivity contribution in [2.45, 2.75) is 30.6 Å². The Hall–Kier alpha value is -2.45. The van der Waals surface area contributed by atoms with Crippen molar-refractivity contribution in [3.05, 3.63) is 42.5 Å². The van der Waals surface area contributed by atoms with Gasteiger partial charge in [-0.1, -0.05) is 30.3 Å². The highest BCUT2D eigenvalue weighted by Crippen LogP contribution is 2.18. The molecule has 0 bridgehead atoms. The number of likely N-dealkylation sites (tertiary alicyclic amines) is 1. The minimum Gasteiger partial charge on any atom is -0.456 e. The Bertz CT molecular complexity index is 952. The molecule has 2 aromatic carbocycles. The summed E-state index contributed by atoms with van der Waals surface area (Å²) in [6.45, 7) is 1.01. The van der Waals surface area contributed by atoms with Crippen molar-refractivity contribution in [1.29, 1.82) is 0 Å². The van der Waals surface area contributed by atoms with Crippen LogP contribution in [-0.4, -0.2) is 51.4 Å². The first-order valence-electron chi connectivity index (χ1n) is 9.37. The maximum atomic E-state index is 12.4. The second-order valence-corrected chi connectivity index (χ2v) is 8.53. The lowest BCUT2D eigenvalue weighted by Crippen LogP contribution is -2.38. The van der Waals surface area contributed by atoms with Gasteiger partial charge in [0.25, 0.3) is 5.91 Å². The zero-order chi connectivity index (χ0) is 20.0. The molecular weight excluding hydrogens is 380 g/mol. The Balaban J connectivity index is 1.46. The van der Waals surface area contributed by atoms with Crippen molar-refractivity contribution >= 4 is 32.7 Å². The van der Waals surface area contributed by atoms with Crippen molar-refractivity contribution in [1.82, 2.24) is 9.62 Å². The molecule has 1 aliphatic rings. The van der Waals surface area contributed by atoms with Gasteiger partial charge in [-0.2, -0.15) is 0 Å². The summed E-state index contributed by atoms with van der Waals surface area (Å²) in [4.78, 5) is 25.6. The summed E-state index contributed by atoms with van der Waals surface area (Å²) in [5.41, 5.74) is 0. The van der Waals surface area contributed by atoms with E-state index in [1.807, 2.05) is 24.3 Å². The topological polar surface area (TPSA) is 92.8 Å². The lowest BCUT2D eigenvalue weighted by atomic mass is 10.1. The van der Waals surface area contributed by atoms with E-state index < -0.39 is 16.0 Å². The molecule has 0 saturated carbocycles. The highest BCUT2D eigenvalue weighted by atomic mass is 32.2. The van der Waals surface area contributed by atoms with E-state index in [2.05, 4.69) is 4.72 Å². The number of sulfonamides is 1. The van der Waals surface area contributed by atoms with Crippen molar-refractivity contribution in [2.75, 3.05) is 26.2 Å². The van der Waals surface area contributed by atoms with Crippen LogP contribution in [0.2, 0.25) is 0 Å². The molecule has 1 amide bonds. The Labute approximate surface area is 164 Å². The van der Waals surface area contributed by atoms with Crippen LogP contribution in [0.4, 0.5) is 0 Å². The standard InChI is InChI=1S/C20H24N2O5S/c23-19(22-12-4-1-5-13-22)15-27-20(24)10-11-21-28(25,26)18-9-8-16-6-2-3-7-17(16)14-18/h2-3,6-9,14,21H,1,4-5,10-13,15H2. The van der Waals surface area contributed by atoms with Gasteiger partial charge in [0.15, 0.2) is 6.61 Å². The van der Waals surface area contributed by atoms with E-state index in [1.54, 1.807) is 17.0 Å². The first-order chi connectivity index (χ1) is 13.5. The number of piperidine rings is 1. The number of hydrogen-bond donors (Lipinski definition) is 1. The molecule has 0 spiro atoms. The van der Waals surface area contributed by atoms with Crippen LogP contribution < -0.4 is 4.72 Å². The molecule has 0 atom stereocenters. The number of amides is 1. The van der Waals surface area contributed by atoms with E-state index >= 15 is 0 Å². The molecule has 1 saturated heterocycles. The van der Waals surface area contributed by atoms with Gasteiger partial charge >= 0.3 is 5.97 Å². The molecule has 1 N–H and O–H groups in total. The zero-order valence-electron chi connectivity index (χ0n) is 15.6.